The van der Waals surface area contributed by atoms with Gasteiger partial charge in [-0.15, -0.1) is 0 Å². The average molecular weight is 437 g/mol. The lowest BCUT2D eigenvalue weighted by molar-refractivity contribution is 0.262. The molecule has 2 N–H and O–H groups in total. The Morgan fingerprint density at radius 2 is 2.00 bits per heavy atom. The van der Waals surface area contributed by atoms with Crippen molar-refractivity contribution in [1.29, 1.82) is 0 Å². The van der Waals surface area contributed by atoms with Crippen LogP contribution in [0.4, 0.5) is 20.6 Å². The third-order valence-corrected chi connectivity index (χ3v) is 4.25. The first-order chi connectivity index (χ1) is 15.3. The van der Waals surface area contributed by atoms with Gasteiger partial charge in [-0.05, 0) is 39.0 Å². The first kappa shape index (κ1) is 21.0. The maximum Gasteiger partial charge on any atom is 0.323 e. The Morgan fingerprint density at radius 3 is 2.72 bits per heavy atom. The number of carbonyl (C=O) groups excluding carboxylic acids is 1. The number of nitrogens with one attached hydrogen (secondary N) is 2. The molecular weight excluding hydrogens is 417 g/mol. The van der Waals surface area contributed by atoms with Crippen molar-refractivity contribution in [2.45, 2.75) is 26.3 Å². The fraction of sp³-hybridized carbons (Fsp3) is 0.190. The SMILES string of the molecule is CC(C)(C)n1cc(NC(=O)Nc2cc(Oc3nccc(-c4cocn4)n3)ccc2F)cn1. The van der Waals surface area contributed by atoms with Crippen molar-refractivity contribution in [3.63, 3.8) is 0 Å². The second-order valence-corrected chi connectivity index (χ2v) is 7.77. The molecule has 0 aliphatic rings. The molecule has 0 bridgehead atoms. The molecule has 164 valence electrons. The van der Waals surface area contributed by atoms with Gasteiger partial charge in [-0.1, -0.05) is 0 Å². The number of hydrogen-bond acceptors (Lipinski definition) is 7. The van der Waals surface area contributed by atoms with Crippen LogP contribution in [0.1, 0.15) is 20.8 Å². The van der Waals surface area contributed by atoms with Crippen LogP contribution < -0.4 is 15.4 Å². The summed E-state index contributed by atoms with van der Waals surface area (Å²) >= 11 is 0. The number of urea groups is 1. The first-order valence-corrected chi connectivity index (χ1v) is 9.60. The summed E-state index contributed by atoms with van der Waals surface area (Å²) in [5.41, 5.74) is 1.19. The molecule has 11 heteroatoms. The molecule has 0 aliphatic heterocycles. The topological polar surface area (TPSA) is 120 Å². The summed E-state index contributed by atoms with van der Waals surface area (Å²) in [6, 6.07) is 4.96. The van der Waals surface area contributed by atoms with E-state index in [2.05, 4.69) is 30.7 Å². The van der Waals surface area contributed by atoms with Crippen LogP contribution >= 0.6 is 0 Å². The van der Waals surface area contributed by atoms with Crippen molar-refractivity contribution in [2.75, 3.05) is 10.6 Å². The molecule has 4 rings (SSSR count). The van der Waals surface area contributed by atoms with Gasteiger partial charge < -0.3 is 19.8 Å². The van der Waals surface area contributed by atoms with Gasteiger partial charge in [0.2, 0.25) is 0 Å². The van der Waals surface area contributed by atoms with Crippen LogP contribution in [0, 0.1) is 5.82 Å². The van der Waals surface area contributed by atoms with E-state index in [4.69, 9.17) is 9.15 Å². The molecule has 3 heterocycles. The van der Waals surface area contributed by atoms with Gasteiger partial charge in [-0.3, -0.25) is 4.68 Å². The van der Waals surface area contributed by atoms with E-state index in [1.54, 1.807) is 16.9 Å². The highest BCUT2D eigenvalue weighted by molar-refractivity contribution is 5.99. The van der Waals surface area contributed by atoms with Gasteiger partial charge in [-0.2, -0.15) is 10.1 Å². The van der Waals surface area contributed by atoms with Crippen molar-refractivity contribution < 1.29 is 18.3 Å². The molecule has 2 amide bonds. The van der Waals surface area contributed by atoms with E-state index in [0.29, 0.717) is 17.1 Å². The summed E-state index contributed by atoms with van der Waals surface area (Å²) in [6.45, 7) is 5.95. The Balaban J connectivity index is 1.45. The maximum absolute atomic E-state index is 14.3. The summed E-state index contributed by atoms with van der Waals surface area (Å²) in [5.74, 6) is -0.394. The third-order valence-electron chi connectivity index (χ3n) is 4.25. The number of oxazole rings is 1. The van der Waals surface area contributed by atoms with E-state index >= 15 is 0 Å². The predicted octanol–water partition coefficient (Wildman–Crippen LogP) is 4.66. The van der Waals surface area contributed by atoms with Gasteiger partial charge in [-0.25, -0.2) is 19.2 Å². The van der Waals surface area contributed by atoms with E-state index in [1.807, 2.05) is 20.8 Å². The number of carbonyl (C=O) groups is 1. The highest BCUT2D eigenvalue weighted by atomic mass is 19.1. The molecule has 3 aromatic heterocycles. The largest absolute Gasteiger partial charge is 0.451 e. The molecule has 32 heavy (non-hydrogen) atoms. The fourth-order valence-electron chi connectivity index (χ4n) is 2.68. The first-order valence-electron chi connectivity index (χ1n) is 9.60. The molecule has 0 saturated heterocycles. The molecule has 0 aliphatic carbocycles. The van der Waals surface area contributed by atoms with E-state index in [9.17, 15) is 9.18 Å². The maximum atomic E-state index is 14.3. The van der Waals surface area contributed by atoms with E-state index in [0.717, 1.165) is 0 Å². The second kappa shape index (κ2) is 8.46. The molecule has 0 saturated carbocycles. The van der Waals surface area contributed by atoms with Gasteiger partial charge in [0.15, 0.2) is 6.39 Å². The number of amides is 2. The minimum atomic E-state index is -0.629. The molecule has 0 atom stereocenters. The number of rotatable bonds is 5. The number of ether oxygens (including phenoxy) is 1. The van der Waals surface area contributed by atoms with E-state index in [-0.39, 0.29) is 23.0 Å². The predicted molar refractivity (Wildman–Crippen MR) is 114 cm³/mol. The zero-order valence-corrected chi connectivity index (χ0v) is 17.5. The van der Waals surface area contributed by atoms with Gasteiger partial charge in [0.05, 0.1) is 28.8 Å². The normalized spacial score (nSPS) is 11.2. The summed E-state index contributed by atoms with van der Waals surface area (Å²) in [7, 11) is 0. The number of hydrogen-bond donors (Lipinski definition) is 2. The Labute approximate surface area is 182 Å². The Kier molecular flexibility index (Phi) is 5.54. The molecule has 1 aromatic carbocycles. The highest BCUT2D eigenvalue weighted by Gasteiger charge is 2.16. The number of nitrogens with zero attached hydrogens (tertiary/aromatic N) is 5. The number of halogens is 1. The van der Waals surface area contributed by atoms with Crippen molar-refractivity contribution in [1.82, 2.24) is 24.7 Å². The van der Waals surface area contributed by atoms with Crippen LogP contribution in [0.15, 0.2) is 59.9 Å². The van der Waals surface area contributed by atoms with Crippen molar-refractivity contribution in [3.05, 3.63) is 61.3 Å². The minimum absolute atomic E-state index is 0.0297. The Bertz CT molecular complexity index is 1230. The van der Waals surface area contributed by atoms with E-state index in [1.165, 1.54) is 43.2 Å². The lowest BCUT2D eigenvalue weighted by Crippen LogP contribution is -2.22. The zero-order valence-electron chi connectivity index (χ0n) is 17.5. The zero-order chi connectivity index (χ0) is 22.7. The average Bonchev–Trinajstić information content (AvgIpc) is 3.43. The molecule has 10 nitrogen and oxygen atoms in total. The Hall–Kier alpha value is -4.28. The fourth-order valence-corrected chi connectivity index (χ4v) is 2.68. The number of aromatic nitrogens is 5. The van der Waals surface area contributed by atoms with Gasteiger partial charge in [0, 0.05) is 18.5 Å². The molecule has 4 aromatic rings. The van der Waals surface area contributed by atoms with E-state index < -0.39 is 11.8 Å². The van der Waals surface area contributed by atoms with Crippen LogP contribution in [0.2, 0.25) is 0 Å². The van der Waals surface area contributed by atoms with Crippen LogP contribution in [0.3, 0.4) is 0 Å². The molecule has 0 unspecified atom stereocenters. The summed E-state index contributed by atoms with van der Waals surface area (Å²) in [6.07, 6.45) is 7.43. The minimum Gasteiger partial charge on any atom is -0.451 e. The molecule has 0 radical (unpaired) electrons. The Morgan fingerprint density at radius 1 is 1.16 bits per heavy atom. The third kappa shape index (κ3) is 4.89. The smallest absolute Gasteiger partial charge is 0.323 e. The number of benzene rings is 1. The van der Waals surface area contributed by atoms with Crippen molar-refractivity contribution in [2.24, 2.45) is 0 Å². The van der Waals surface area contributed by atoms with Crippen LogP contribution in [-0.2, 0) is 5.54 Å². The van der Waals surface area contributed by atoms with Gasteiger partial charge in [0.25, 0.3) is 0 Å². The summed E-state index contributed by atoms with van der Waals surface area (Å²) in [5, 5.41) is 9.29. The lowest BCUT2D eigenvalue weighted by atomic mass is 10.1. The molecular formula is C21H20FN7O3. The van der Waals surface area contributed by atoms with Crippen LogP contribution in [0.25, 0.3) is 11.4 Å². The highest BCUT2D eigenvalue weighted by Crippen LogP contribution is 2.26. The number of anilines is 2. The summed E-state index contributed by atoms with van der Waals surface area (Å²) in [4.78, 5) is 24.6. The van der Waals surface area contributed by atoms with Crippen LogP contribution in [-0.4, -0.2) is 30.8 Å². The second-order valence-electron chi connectivity index (χ2n) is 7.77. The standard InChI is InChI=1S/C21H20FN7O3/c1-21(2,3)29-10-13(9-25-29)26-19(30)27-17-8-14(4-5-15(17)22)32-20-23-7-6-16(28-20)18-11-31-12-24-18/h4-12H,1-3H3,(H2,26,27,30). The van der Waals surface area contributed by atoms with Gasteiger partial charge >= 0.3 is 12.0 Å². The molecule has 0 fully saturated rings. The quantitative estimate of drug-likeness (QED) is 0.466. The van der Waals surface area contributed by atoms with Crippen molar-refractivity contribution in [3.8, 4) is 23.1 Å². The monoisotopic (exact) mass is 437 g/mol. The van der Waals surface area contributed by atoms with Crippen LogP contribution in [0.5, 0.6) is 11.8 Å². The summed E-state index contributed by atoms with van der Waals surface area (Å²) < 4.78 is 26.5. The molecule has 0 spiro atoms. The lowest BCUT2D eigenvalue weighted by Gasteiger charge is -2.18. The van der Waals surface area contributed by atoms with Crippen molar-refractivity contribution >= 4 is 17.4 Å². The van der Waals surface area contributed by atoms with Gasteiger partial charge in [0.1, 0.15) is 23.5 Å².